The Morgan fingerprint density at radius 2 is 1.90 bits per heavy atom. The molecule has 1 aromatic carbocycles. The Bertz CT molecular complexity index is 425. The lowest BCUT2D eigenvalue weighted by atomic mass is 9.89. The predicted octanol–water partition coefficient (Wildman–Crippen LogP) is 3.56. The quantitative estimate of drug-likeness (QED) is 0.757. The van der Waals surface area contributed by atoms with Crippen molar-refractivity contribution in [2.24, 2.45) is 5.73 Å². The maximum absolute atomic E-state index is 13.9. The maximum Gasteiger partial charge on any atom is 0.165 e. The van der Waals surface area contributed by atoms with Gasteiger partial charge in [0.25, 0.3) is 0 Å². The molecule has 0 radical (unpaired) electrons. The summed E-state index contributed by atoms with van der Waals surface area (Å²) in [7, 11) is 1.48. The number of halogens is 1. The van der Waals surface area contributed by atoms with Crippen molar-refractivity contribution in [1.29, 1.82) is 0 Å². The molecule has 2 N–H and O–H groups in total. The topological polar surface area (TPSA) is 38.5 Å². The number of nitrogens with zero attached hydrogens (tertiary/aromatic N) is 1. The monoisotopic (exact) mass is 296 g/mol. The second kappa shape index (κ2) is 8.35. The number of hydrogen-bond acceptors (Lipinski definition) is 3. The van der Waals surface area contributed by atoms with Crippen molar-refractivity contribution in [3.63, 3.8) is 0 Å². The summed E-state index contributed by atoms with van der Waals surface area (Å²) in [4.78, 5) is 2.40. The summed E-state index contributed by atoms with van der Waals surface area (Å²) in [6.45, 7) is 8.81. The molecule has 0 aliphatic carbocycles. The normalized spacial score (nSPS) is 12.0. The minimum Gasteiger partial charge on any atom is -0.494 e. The van der Waals surface area contributed by atoms with Crippen molar-refractivity contribution in [3.8, 4) is 5.75 Å². The summed E-state index contributed by atoms with van der Waals surface area (Å²) >= 11 is 0. The highest BCUT2D eigenvalue weighted by molar-refractivity contribution is 5.29. The third-order valence-corrected chi connectivity index (χ3v) is 4.45. The lowest BCUT2D eigenvalue weighted by Gasteiger charge is -2.42. The Morgan fingerprint density at radius 3 is 2.33 bits per heavy atom. The molecule has 0 amide bonds. The Kier molecular flexibility index (Phi) is 7.12. The summed E-state index contributed by atoms with van der Waals surface area (Å²) in [6, 6.07) is 5.18. The molecule has 0 saturated heterocycles. The van der Waals surface area contributed by atoms with Gasteiger partial charge in [0.1, 0.15) is 0 Å². The zero-order valence-electron chi connectivity index (χ0n) is 13.8. The van der Waals surface area contributed by atoms with Gasteiger partial charge in [-0.1, -0.05) is 26.8 Å². The highest BCUT2D eigenvalue weighted by Crippen LogP contribution is 2.26. The van der Waals surface area contributed by atoms with Crippen molar-refractivity contribution in [2.75, 3.05) is 20.2 Å². The van der Waals surface area contributed by atoms with E-state index < -0.39 is 0 Å². The predicted molar refractivity (Wildman–Crippen MR) is 86.0 cm³/mol. The van der Waals surface area contributed by atoms with Crippen molar-refractivity contribution in [1.82, 2.24) is 4.90 Å². The lowest BCUT2D eigenvalue weighted by Crippen LogP contribution is -2.53. The fourth-order valence-electron chi connectivity index (χ4n) is 2.90. The van der Waals surface area contributed by atoms with Gasteiger partial charge in [0.05, 0.1) is 7.11 Å². The molecule has 21 heavy (non-hydrogen) atoms. The number of rotatable bonds is 9. The molecular weight excluding hydrogens is 267 g/mol. The fraction of sp³-hybridized carbons (Fsp3) is 0.647. The first-order chi connectivity index (χ1) is 10.1. The van der Waals surface area contributed by atoms with Crippen LogP contribution < -0.4 is 10.5 Å². The van der Waals surface area contributed by atoms with Gasteiger partial charge in [0.15, 0.2) is 11.6 Å². The van der Waals surface area contributed by atoms with Gasteiger partial charge >= 0.3 is 0 Å². The molecule has 0 aromatic heterocycles. The number of methoxy groups -OCH3 is 1. The first-order valence-electron chi connectivity index (χ1n) is 7.84. The van der Waals surface area contributed by atoms with Crippen LogP contribution in [-0.4, -0.2) is 30.6 Å². The minimum absolute atomic E-state index is 0.00753. The van der Waals surface area contributed by atoms with E-state index in [1.807, 2.05) is 6.07 Å². The van der Waals surface area contributed by atoms with E-state index in [2.05, 4.69) is 25.7 Å². The molecule has 4 heteroatoms. The van der Waals surface area contributed by atoms with Crippen molar-refractivity contribution < 1.29 is 9.13 Å². The Balaban J connectivity index is 2.99. The number of benzene rings is 1. The minimum atomic E-state index is -0.308. The molecule has 0 spiro atoms. The second-order valence-corrected chi connectivity index (χ2v) is 5.53. The molecule has 1 rings (SSSR count). The van der Waals surface area contributed by atoms with E-state index >= 15 is 0 Å². The summed E-state index contributed by atoms with van der Waals surface area (Å²) in [5, 5.41) is 0. The fourth-order valence-corrected chi connectivity index (χ4v) is 2.90. The van der Waals surface area contributed by atoms with Crippen LogP contribution in [0.3, 0.4) is 0 Å². The van der Waals surface area contributed by atoms with Gasteiger partial charge in [-0.25, -0.2) is 4.39 Å². The van der Waals surface area contributed by atoms with Crippen LogP contribution in [0.4, 0.5) is 4.39 Å². The van der Waals surface area contributed by atoms with Gasteiger partial charge in [-0.15, -0.1) is 0 Å². The van der Waals surface area contributed by atoms with Gasteiger partial charge in [-0.2, -0.15) is 0 Å². The van der Waals surface area contributed by atoms with Gasteiger partial charge < -0.3 is 10.5 Å². The third kappa shape index (κ3) is 4.17. The molecule has 120 valence electrons. The largest absolute Gasteiger partial charge is 0.494 e. The highest BCUT2D eigenvalue weighted by atomic mass is 19.1. The van der Waals surface area contributed by atoms with Crippen LogP contribution in [0.15, 0.2) is 18.2 Å². The molecular formula is C17H29FN2O. The first kappa shape index (κ1) is 17.9. The van der Waals surface area contributed by atoms with Crippen LogP contribution in [0, 0.1) is 5.82 Å². The highest BCUT2D eigenvalue weighted by Gasteiger charge is 2.31. The van der Waals surface area contributed by atoms with E-state index in [4.69, 9.17) is 10.5 Å². The van der Waals surface area contributed by atoms with Crippen molar-refractivity contribution in [2.45, 2.75) is 52.1 Å². The number of ether oxygens (including phenoxy) is 1. The molecule has 0 heterocycles. The molecule has 0 bridgehead atoms. The van der Waals surface area contributed by atoms with Gasteiger partial charge in [0.2, 0.25) is 0 Å². The van der Waals surface area contributed by atoms with Crippen molar-refractivity contribution >= 4 is 0 Å². The van der Waals surface area contributed by atoms with Gasteiger partial charge in [0, 0.05) is 18.6 Å². The third-order valence-electron chi connectivity index (χ3n) is 4.45. The van der Waals surface area contributed by atoms with Crippen LogP contribution in [0.1, 0.15) is 45.6 Å². The Hall–Kier alpha value is -1.13. The summed E-state index contributed by atoms with van der Waals surface area (Å²) in [6.07, 6.45) is 3.05. The zero-order chi connectivity index (χ0) is 15.9. The molecule has 3 nitrogen and oxygen atoms in total. The van der Waals surface area contributed by atoms with Crippen LogP contribution in [0.5, 0.6) is 5.75 Å². The van der Waals surface area contributed by atoms with Crippen molar-refractivity contribution in [3.05, 3.63) is 29.6 Å². The number of hydrogen-bond donors (Lipinski definition) is 1. The molecule has 1 aromatic rings. The average molecular weight is 296 g/mol. The van der Waals surface area contributed by atoms with Crippen LogP contribution in [-0.2, 0) is 6.54 Å². The smallest absolute Gasteiger partial charge is 0.165 e. The summed E-state index contributed by atoms with van der Waals surface area (Å²) < 4.78 is 18.8. The maximum atomic E-state index is 13.9. The molecule has 0 fully saturated rings. The van der Waals surface area contributed by atoms with E-state index in [0.29, 0.717) is 13.1 Å². The van der Waals surface area contributed by atoms with E-state index in [-0.39, 0.29) is 17.1 Å². The van der Waals surface area contributed by atoms with Gasteiger partial charge in [-0.05, 0) is 43.5 Å². The summed E-state index contributed by atoms with van der Waals surface area (Å²) in [5.41, 5.74) is 7.01. The Morgan fingerprint density at radius 1 is 1.24 bits per heavy atom. The van der Waals surface area contributed by atoms with Crippen LogP contribution in [0.2, 0.25) is 0 Å². The second-order valence-electron chi connectivity index (χ2n) is 5.53. The molecule has 0 saturated carbocycles. The first-order valence-corrected chi connectivity index (χ1v) is 7.84. The molecule has 0 unspecified atom stereocenters. The van der Waals surface area contributed by atoms with Crippen LogP contribution in [0.25, 0.3) is 0 Å². The SMILES string of the molecule is CCCN(Cc1ccc(OC)c(F)c1)C(CC)(CC)CN. The van der Waals surface area contributed by atoms with E-state index in [9.17, 15) is 4.39 Å². The number of nitrogens with two attached hydrogens (primary N) is 1. The van der Waals surface area contributed by atoms with Gasteiger partial charge in [-0.3, -0.25) is 4.90 Å². The van der Waals surface area contributed by atoms with E-state index in [0.717, 1.165) is 31.4 Å². The molecule has 0 atom stereocenters. The van der Waals surface area contributed by atoms with E-state index in [1.165, 1.54) is 7.11 Å². The molecule has 0 aliphatic rings. The van der Waals surface area contributed by atoms with Crippen LogP contribution >= 0.6 is 0 Å². The summed E-state index contributed by atoms with van der Waals surface area (Å²) in [5.74, 6) is -0.0188. The Labute approximate surface area is 128 Å². The molecule has 0 aliphatic heterocycles. The lowest BCUT2D eigenvalue weighted by molar-refractivity contribution is 0.0765. The average Bonchev–Trinajstić information content (AvgIpc) is 2.50. The van der Waals surface area contributed by atoms with E-state index in [1.54, 1.807) is 12.1 Å². The zero-order valence-corrected chi connectivity index (χ0v) is 13.8. The standard InChI is InChI=1S/C17H29FN2O/c1-5-10-20(17(6-2,7-3)13-19)12-14-8-9-16(21-4)15(18)11-14/h8-9,11H,5-7,10,12-13,19H2,1-4H3.